The number of hydrogen-bond acceptors (Lipinski definition) is 2. The van der Waals surface area contributed by atoms with Crippen LogP contribution in [0.25, 0.3) is 0 Å². The van der Waals surface area contributed by atoms with E-state index in [0.29, 0.717) is 13.1 Å². The van der Waals surface area contributed by atoms with Crippen LogP contribution < -0.4 is 10.6 Å². The number of benzene rings is 1. The molecule has 100 valence electrons. The van der Waals surface area contributed by atoms with Gasteiger partial charge in [0.2, 0.25) is 0 Å². The molecule has 0 unspecified atom stereocenters. The minimum absolute atomic E-state index is 0.114. The summed E-state index contributed by atoms with van der Waals surface area (Å²) < 4.78 is 0. The van der Waals surface area contributed by atoms with Gasteiger partial charge in [-0.3, -0.25) is 0 Å². The van der Waals surface area contributed by atoms with Crippen LogP contribution in [0.5, 0.6) is 0 Å². The van der Waals surface area contributed by atoms with Crippen molar-refractivity contribution in [1.29, 1.82) is 0 Å². The Bertz CT molecular complexity index is 373. The number of amides is 2. The van der Waals surface area contributed by atoms with Gasteiger partial charge in [0.05, 0.1) is 6.04 Å². The third kappa shape index (κ3) is 4.37. The largest absolute Gasteiger partial charge is 0.338 e. The molecule has 0 bridgehead atoms. The molecule has 0 radical (unpaired) electrons. The van der Waals surface area contributed by atoms with Gasteiger partial charge in [0.15, 0.2) is 0 Å². The van der Waals surface area contributed by atoms with E-state index >= 15 is 0 Å². The summed E-state index contributed by atoms with van der Waals surface area (Å²) in [5.74, 6) is 0. The van der Waals surface area contributed by atoms with Crippen LogP contribution in [-0.4, -0.2) is 38.1 Å². The lowest BCUT2D eigenvalue weighted by Gasteiger charge is -2.25. The third-order valence-corrected chi connectivity index (χ3v) is 2.88. The summed E-state index contributed by atoms with van der Waals surface area (Å²) in [6.45, 7) is 5.22. The fourth-order valence-electron chi connectivity index (χ4n) is 1.80. The Balaban J connectivity index is 2.65. The Kier molecular flexibility index (Phi) is 5.65. The molecule has 4 nitrogen and oxygen atoms in total. The van der Waals surface area contributed by atoms with Crippen LogP contribution in [0.2, 0.25) is 0 Å². The van der Waals surface area contributed by atoms with Crippen molar-refractivity contribution in [2.75, 3.05) is 27.2 Å². The van der Waals surface area contributed by atoms with E-state index in [2.05, 4.69) is 46.7 Å². The molecule has 0 saturated carbocycles. The van der Waals surface area contributed by atoms with Crippen LogP contribution in [-0.2, 0) is 0 Å². The number of nitrogens with zero attached hydrogens (tertiary/aromatic N) is 1. The maximum absolute atomic E-state index is 11.4. The molecule has 2 N–H and O–H groups in total. The molecule has 1 aromatic carbocycles. The zero-order chi connectivity index (χ0) is 13.5. The maximum Gasteiger partial charge on any atom is 0.314 e. The molecule has 0 aliphatic carbocycles. The highest BCUT2D eigenvalue weighted by atomic mass is 16.2. The van der Waals surface area contributed by atoms with Crippen LogP contribution >= 0.6 is 0 Å². The fourth-order valence-corrected chi connectivity index (χ4v) is 1.80. The number of carbonyl (C=O) groups is 1. The van der Waals surface area contributed by atoms with Gasteiger partial charge in [-0.2, -0.15) is 0 Å². The molecule has 0 aromatic heterocycles. The molecular formula is C14H23N3O. The van der Waals surface area contributed by atoms with Gasteiger partial charge in [-0.15, -0.1) is 0 Å². The van der Waals surface area contributed by atoms with Gasteiger partial charge in [0.25, 0.3) is 0 Å². The SMILES string of the molecule is CCNC(=O)NC[C@H](c1ccc(C)cc1)N(C)C. The molecule has 0 aliphatic rings. The zero-order valence-electron chi connectivity index (χ0n) is 11.7. The van der Waals surface area contributed by atoms with E-state index in [1.54, 1.807) is 0 Å². The van der Waals surface area contributed by atoms with Gasteiger partial charge in [0.1, 0.15) is 0 Å². The molecule has 0 saturated heterocycles. The first-order valence-electron chi connectivity index (χ1n) is 6.29. The van der Waals surface area contributed by atoms with Gasteiger partial charge in [-0.25, -0.2) is 4.79 Å². The van der Waals surface area contributed by atoms with E-state index in [4.69, 9.17) is 0 Å². The van der Waals surface area contributed by atoms with E-state index in [9.17, 15) is 4.79 Å². The van der Waals surface area contributed by atoms with Crippen molar-refractivity contribution in [3.63, 3.8) is 0 Å². The number of rotatable bonds is 5. The van der Waals surface area contributed by atoms with Crippen LogP contribution in [0.15, 0.2) is 24.3 Å². The Morgan fingerprint density at radius 1 is 1.22 bits per heavy atom. The maximum atomic E-state index is 11.4. The average molecular weight is 249 g/mol. The van der Waals surface area contributed by atoms with Crippen molar-refractivity contribution in [3.8, 4) is 0 Å². The first kappa shape index (κ1) is 14.5. The molecule has 1 aromatic rings. The molecule has 2 amide bonds. The Hall–Kier alpha value is -1.55. The smallest absolute Gasteiger partial charge is 0.314 e. The van der Waals surface area contributed by atoms with E-state index < -0.39 is 0 Å². The number of nitrogens with one attached hydrogen (secondary N) is 2. The third-order valence-electron chi connectivity index (χ3n) is 2.88. The van der Waals surface area contributed by atoms with Crippen molar-refractivity contribution in [1.82, 2.24) is 15.5 Å². The number of hydrogen-bond donors (Lipinski definition) is 2. The summed E-state index contributed by atoms with van der Waals surface area (Å²) >= 11 is 0. The minimum Gasteiger partial charge on any atom is -0.338 e. The standard InChI is InChI=1S/C14H23N3O/c1-5-15-14(18)16-10-13(17(3)4)12-8-6-11(2)7-9-12/h6-9,13H,5,10H2,1-4H3,(H2,15,16,18)/t13-/m1/s1. The summed E-state index contributed by atoms with van der Waals surface area (Å²) in [6, 6.07) is 8.49. The fraction of sp³-hybridized carbons (Fsp3) is 0.500. The van der Waals surface area contributed by atoms with Crippen LogP contribution in [0.1, 0.15) is 24.1 Å². The van der Waals surface area contributed by atoms with Crippen molar-refractivity contribution in [2.45, 2.75) is 19.9 Å². The van der Waals surface area contributed by atoms with Crippen LogP contribution in [0.4, 0.5) is 4.79 Å². The Morgan fingerprint density at radius 2 is 1.83 bits per heavy atom. The van der Waals surface area contributed by atoms with Crippen molar-refractivity contribution < 1.29 is 4.79 Å². The molecular weight excluding hydrogens is 226 g/mol. The lowest BCUT2D eigenvalue weighted by Crippen LogP contribution is -2.40. The summed E-state index contributed by atoms with van der Waals surface area (Å²) in [5.41, 5.74) is 2.45. The van der Waals surface area contributed by atoms with E-state index in [1.807, 2.05) is 21.0 Å². The van der Waals surface area contributed by atoms with E-state index in [0.717, 1.165) is 0 Å². The molecule has 0 heterocycles. The number of likely N-dealkylation sites (N-methyl/N-ethyl adjacent to an activating group) is 1. The molecule has 0 aliphatic heterocycles. The minimum atomic E-state index is -0.114. The predicted octanol–water partition coefficient (Wildman–Crippen LogP) is 1.92. The van der Waals surface area contributed by atoms with E-state index in [1.165, 1.54) is 11.1 Å². The van der Waals surface area contributed by atoms with Gasteiger partial charge < -0.3 is 15.5 Å². The normalized spacial score (nSPS) is 12.3. The molecule has 0 fully saturated rings. The summed E-state index contributed by atoms with van der Waals surface area (Å²) in [6.07, 6.45) is 0. The topological polar surface area (TPSA) is 44.4 Å². The first-order chi connectivity index (χ1) is 8.54. The molecule has 0 spiro atoms. The van der Waals surface area contributed by atoms with Crippen molar-refractivity contribution in [3.05, 3.63) is 35.4 Å². The highest BCUT2D eigenvalue weighted by Gasteiger charge is 2.14. The van der Waals surface area contributed by atoms with Gasteiger partial charge in [-0.1, -0.05) is 29.8 Å². The average Bonchev–Trinajstić information content (AvgIpc) is 2.31. The lowest BCUT2D eigenvalue weighted by molar-refractivity contribution is 0.233. The van der Waals surface area contributed by atoms with Crippen molar-refractivity contribution in [2.24, 2.45) is 0 Å². The predicted molar refractivity (Wildman–Crippen MR) is 74.7 cm³/mol. The molecule has 1 atom stereocenters. The number of aryl methyl sites for hydroxylation is 1. The monoisotopic (exact) mass is 249 g/mol. The lowest BCUT2D eigenvalue weighted by atomic mass is 10.0. The zero-order valence-corrected chi connectivity index (χ0v) is 11.7. The van der Waals surface area contributed by atoms with Gasteiger partial charge in [0, 0.05) is 13.1 Å². The second kappa shape index (κ2) is 7.01. The van der Waals surface area contributed by atoms with Crippen LogP contribution in [0.3, 0.4) is 0 Å². The highest BCUT2D eigenvalue weighted by molar-refractivity contribution is 5.73. The quantitative estimate of drug-likeness (QED) is 0.837. The van der Waals surface area contributed by atoms with Gasteiger partial charge >= 0.3 is 6.03 Å². The Labute approximate surface area is 109 Å². The number of carbonyl (C=O) groups excluding carboxylic acids is 1. The second-order valence-electron chi connectivity index (χ2n) is 4.63. The highest BCUT2D eigenvalue weighted by Crippen LogP contribution is 2.17. The first-order valence-corrected chi connectivity index (χ1v) is 6.29. The molecule has 4 heteroatoms. The summed E-state index contributed by atoms with van der Waals surface area (Å²) in [5, 5.41) is 5.62. The summed E-state index contributed by atoms with van der Waals surface area (Å²) in [4.78, 5) is 13.5. The van der Waals surface area contributed by atoms with E-state index in [-0.39, 0.29) is 12.1 Å². The summed E-state index contributed by atoms with van der Waals surface area (Å²) in [7, 11) is 4.04. The second-order valence-corrected chi connectivity index (χ2v) is 4.63. The Morgan fingerprint density at radius 3 is 2.33 bits per heavy atom. The molecule has 1 rings (SSSR count). The molecule has 18 heavy (non-hydrogen) atoms. The van der Waals surface area contributed by atoms with Crippen molar-refractivity contribution >= 4 is 6.03 Å². The van der Waals surface area contributed by atoms with Crippen LogP contribution in [0, 0.1) is 6.92 Å². The van der Waals surface area contributed by atoms with Gasteiger partial charge in [-0.05, 0) is 33.5 Å². The number of urea groups is 1.